The number of alkyl halides is 1. The van der Waals surface area contributed by atoms with E-state index < -0.39 is 0 Å². The summed E-state index contributed by atoms with van der Waals surface area (Å²) in [7, 11) is 0. The first kappa shape index (κ1) is 13.1. The maximum atomic E-state index is 3.78. The summed E-state index contributed by atoms with van der Waals surface area (Å²) >= 11 is 11.5. The topological polar surface area (TPSA) is 0 Å². The van der Waals surface area contributed by atoms with E-state index in [1.807, 2.05) is 0 Å². The second-order valence-electron chi connectivity index (χ2n) is 3.48. The Hall–Kier alpha value is 0.610. The van der Waals surface area contributed by atoms with Gasteiger partial charge in [0.2, 0.25) is 0 Å². The summed E-state index contributed by atoms with van der Waals surface area (Å²) in [5, 5.41) is 0. The standard InChI is InChI=1S/C12H9Br2IS/c1-7-3-2-4-8(12(7)15)11(14)9-5-6-10(13)16-9/h2-6,11H,1H3. The average molecular weight is 472 g/mol. The van der Waals surface area contributed by atoms with Crippen molar-refractivity contribution in [2.75, 3.05) is 0 Å². The molecule has 1 heterocycles. The van der Waals surface area contributed by atoms with E-state index in [9.17, 15) is 0 Å². The van der Waals surface area contributed by atoms with Gasteiger partial charge in [-0.3, -0.25) is 0 Å². The van der Waals surface area contributed by atoms with Crippen LogP contribution in [0.2, 0.25) is 0 Å². The molecule has 0 radical (unpaired) electrons. The lowest BCUT2D eigenvalue weighted by molar-refractivity contribution is 1.18. The molecule has 0 saturated heterocycles. The molecule has 0 aliphatic carbocycles. The van der Waals surface area contributed by atoms with Gasteiger partial charge in [0, 0.05) is 8.45 Å². The van der Waals surface area contributed by atoms with Gasteiger partial charge in [-0.25, -0.2) is 0 Å². The normalized spacial score (nSPS) is 12.8. The van der Waals surface area contributed by atoms with E-state index in [0.717, 1.165) is 0 Å². The predicted molar refractivity (Wildman–Crippen MR) is 86.7 cm³/mol. The van der Waals surface area contributed by atoms with Gasteiger partial charge in [0.05, 0.1) is 8.61 Å². The van der Waals surface area contributed by atoms with Crippen molar-refractivity contribution < 1.29 is 0 Å². The Morgan fingerprint density at radius 3 is 2.62 bits per heavy atom. The van der Waals surface area contributed by atoms with Crippen LogP contribution in [0.4, 0.5) is 0 Å². The van der Waals surface area contributed by atoms with Crippen molar-refractivity contribution in [2.45, 2.75) is 11.8 Å². The van der Waals surface area contributed by atoms with Crippen molar-refractivity contribution in [2.24, 2.45) is 0 Å². The Labute approximate surface area is 130 Å². The number of aryl methyl sites for hydroxylation is 1. The summed E-state index contributed by atoms with van der Waals surface area (Å²) in [6, 6.07) is 10.7. The highest BCUT2D eigenvalue weighted by atomic mass is 127. The fraction of sp³-hybridized carbons (Fsp3) is 0.167. The van der Waals surface area contributed by atoms with Crippen molar-refractivity contribution in [3.63, 3.8) is 0 Å². The van der Waals surface area contributed by atoms with Crippen LogP contribution in [0.1, 0.15) is 20.8 Å². The molecule has 0 amide bonds. The minimum absolute atomic E-state index is 0.288. The molecule has 0 saturated carbocycles. The lowest BCUT2D eigenvalue weighted by atomic mass is 10.1. The lowest BCUT2D eigenvalue weighted by Gasteiger charge is -2.12. The summed E-state index contributed by atoms with van der Waals surface area (Å²) < 4.78 is 2.51. The third-order valence-electron chi connectivity index (χ3n) is 2.34. The van der Waals surface area contributed by atoms with Crippen LogP contribution in [0.15, 0.2) is 34.1 Å². The summed E-state index contributed by atoms with van der Waals surface area (Å²) in [6.07, 6.45) is 0. The molecule has 1 aromatic heterocycles. The van der Waals surface area contributed by atoms with Gasteiger partial charge < -0.3 is 0 Å². The molecule has 0 N–H and O–H groups in total. The molecule has 84 valence electrons. The van der Waals surface area contributed by atoms with Gasteiger partial charge in [-0.2, -0.15) is 0 Å². The van der Waals surface area contributed by atoms with Crippen LogP contribution in [0.25, 0.3) is 0 Å². The van der Waals surface area contributed by atoms with Gasteiger partial charge in [0.1, 0.15) is 0 Å². The largest absolute Gasteiger partial charge is 0.132 e. The van der Waals surface area contributed by atoms with Crippen LogP contribution in [0.3, 0.4) is 0 Å². The summed E-state index contributed by atoms with van der Waals surface area (Å²) in [5.74, 6) is 0. The van der Waals surface area contributed by atoms with Gasteiger partial charge >= 0.3 is 0 Å². The van der Waals surface area contributed by atoms with E-state index in [1.165, 1.54) is 23.4 Å². The Morgan fingerprint density at radius 2 is 2.00 bits per heavy atom. The third kappa shape index (κ3) is 2.71. The average Bonchev–Trinajstić information content (AvgIpc) is 2.68. The van der Waals surface area contributed by atoms with Crippen LogP contribution >= 0.6 is 65.8 Å². The Balaban J connectivity index is 2.41. The van der Waals surface area contributed by atoms with E-state index in [0.29, 0.717) is 0 Å². The number of benzene rings is 1. The van der Waals surface area contributed by atoms with E-state index in [2.05, 4.69) is 91.7 Å². The Morgan fingerprint density at radius 1 is 1.25 bits per heavy atom. The SMILES string of the molecule is Cc1cccc(C(Br)c2ccc(Br)s2)c1I. The van der Waals surface area contributed by atoms with Crippen molar-refractivity contribution in [3.05, 3.63) is 53.7 Å². The number of thiophene rings is 1. The molecule has 1 unspecified atom stereocenters. The zero-order valence-corrected chi connectivity index (χ0v) is 14.7. The summed E-state index contributed by atoms with van der Waals surface area (Å²) in [4.78, 5) is 1.62. The highest BCUT2D eigenvalue weighted by Crippen LogP contribution is 2.39. The van der Waals surface area contributed by atoms with Crippen LogP contribution < -0.4 is 0 Å². The number of hydrogen-bond donors (Lipinski definition) is 0. The van der Waals surface area contributed by atoms with Crippen molar-refractivity contribution >= 4 is 65.8 Å². The second kappa shape index (κ2) is 5.50. The fourth-order valence-corrected chi connectivity index (χ4v) is 4.82. The minimum Gasteiger partial charge on any atom is -0.132 e. The number of hydrogen-bond acceptors (Lipinski definition) is 1. The molecule has 0 nitrogen and oxygen atoms in total. The van der Waals surface area contributed by atoms with Gasteiger partial charge in [-0.05, 0) is 68.7 Å². The monoisotopic (exact) mass is 470 g/mol. The molecular weight excluding hydrogens is 463 g/mol. The molecule has 1 aromatic carbocycles. The molecule has 0 spiro atoms. The van der Waals surface area contributed by atoms with Crippen LogP contribution in [-0.4, -0.2) is 0 Å². The fourth-order valence-electron chi connectivity index (χ4n) is 1.48. The molecular formula is C12H9Br2IS. The van der Waals surface area contributed by atoms with Gasteiger partial charge in [-0.15, -0.1) is 11.3 Å². The first-order valence-corrected chi connectivity index (χ1v) is 8.34. The van der Waals surface area contributed by atoms with E-state index in [4.69, 9.17) is 0 Å². The van der Waals surface area contributed by atoms with Crippen molar-refractivity contribution in [3.8, 4) is 0 Å². The van der Waals surface area contributed by atoms with Crippen molar-refractivity contribution in [1.82, 2.24) is 0 Å². The molecule has 0 bridgehead atoms. The van der Waals surface area contributed by atoms with Gasteiger partial charge in [0.25, 0.3) is 0 Å². The number of rotatable bonds is 2. The zero-order valence-electron chi connectivity index (χ0n) is 8.51. The molecule has 0 aliphatic rings. The maximum absolute atomic E-state index is 3.78. The van der Waals surface area contributed by atoms with E-state index in [1.54, 1.807) is 11.3 Å². The minimum atomic E-state index is 0.288. The Bertz CT molecular complexity index is 507. The quantitative estimate of drug-likeness (QED) is 0.377. The van der Waals surface area contributed by atoms with E-state index >= 15 is 0 Å². The highest BCUT2D eigenvalue weighted by Gasteiger charge is 2.15. The molecule has 1 atom stereocenters. The van der Waals surface area contributed by atoms with Crippen LogP contribution in [0, 0.1) is 10.5 Å². The van der Waals surface area contributed by atoms with Gasteiger partial charge in [-0.1, -0.05) is 34.1 Å². The maximum Gasteiger partial charge on any atom is 0.0748 e. The smallest absolute Gasteiger partial charge is 0.0748 e. The molecule has 4 heteroatoms. The third-order valence-corrected chi connectivity index (χ3v) is 6.79. The zero-order chi connectivity index (χ0) is 11.7. The number of halogens is 3. The first-order chi connectivity index (χ1) is 7.59. The van der Waals surface area contributed by atoms with E-state index in [-0.39, 0.29) is 4.83 Å². The second-order valence-corrected chi connectivity index (χ2v) is 7.97. The summed E-state index contributed by atoms with van der Waals surface area (Å²) in [6.45, 7) is 2.15. The van der Waals surface area contributed by atoms with Gasteiger partial charge in [0.15, 0.2) is 0 Å². The highest BCUT2D eigenvalue weighted by molar-refractivity contribution is 14.1. The Kier molecular flexibility index (Phi) is 4.49. The first-order valence-electron chi connectivity index (χ1n) is 4.74. The van der Waals surface area contributed by atoms with Crippen molar-refractivity contribution in [1.29, 1.82) is 0 Å². The van der Waals surface area contributed by atoms with Crippen LogP contribution in [-0.2, 0) is 0 Å². The predicted octanol–water partition coefficient (Wildman–Crippen LogP) is 5.91. The van der Waals surface area contributed by atoms with Crippen LogP contribution in [0.5, 0.6) is 0 Å². The molecule has 16 heavy (non-hydrogen) atoms. The molecule has 2 aromatic rings. The summed E-state index contributed by atoms with van der Waals surface area (Å²) in [5.41, 5.74) is 2.67. The molecule has 0 aliphatic heterocycles. The molecule has 0 fully saturated rings. The molecule has 2 rings (SSSR count). The lowest BCUT2D eigenvalue weighted by Crippen LogP contribution is -1.95.